The van der Waals surface area contributed by atoms with Crippen molar-refractivity contribution in [2.75, 3.05) is 13.1 Å². The van der Waals surface area contributed by atoms with Crippen molar-refractivity contribution < 1.29 is 0 Å². The number of hydrogen-bond acceptors (Lipinski definition) is 1. The highest BCUT2D eigenvalue weighted by molar-refractivity contribution is 5.54. The summed E-state index contributed by atoms with van der Waals surface area (Å²) in [6.07, 6.45) is 4.61. The predicted molar refractivity (Wildman–Crippen MR) is 72.6 cm³/mol. The molecule has 0 heterocycles. The van der Waals surface area contributed by atoms with Gasteiger partial charge in [-0.1, -0.05) is 55.3 Å². The standard InChI is InChI=1S/C15H23N/c1-4-9-16-12-14(5-2)11-15-8-6-7-13(3)10-15/h6-8,10-11,16H,4-5,9,12H2,1-3H3. The maximum Gasteiger partial charge on any atom is 0.0167 e. The van der Waals surface area contributed by atoms with E-state index in [-0.39, 0.29) is 0 Å². The lowest BCUT2D eigenvalue weighted by Gasteiger charge is -2.06. The number of nitrogens with one attached hydrogen (secondary N) is 1. The minimum atomic E-state index is 1.01. The van der Waals surface area contributed by atoms with Crippen LogP contribution in [-0.2, 0) is 0 Å². The number of aryl methyl sites for hydroxylation is 1. The third-order valence-electron chi connectivity index (χ3n) is 2.65. The molecule has 0 unspecified atom stereocenters. The van der Waals surface area contributed by atoms with Crippen molar-refractivity contribution in [2.24, 2.45) is 0 Å². The lowest BCUT2D eigenvalue weighted by molar-refractivity contribution is 0.706. The summed E-state index contributed by atoms with van der Waals surface area (Å²) in [4.78, 5) is 0. The largest absolute Gasteiger partial charge is 0.313 e. The zero-order valence-electron chi connectivity index (χ0n) is 10.7. The van der Waals surface area contributed by atoms with Crippen molar-refractivity contribution in [1.82, 2.24) is 5.32 Å². The van der Waals surface area contributed by atoms with Gasteiger partial charge in [-0.05, 0) is 31.9 Å². The van der Waals surface area contributed by atoms with Gasteiger partial charge in [0.2, 0.25) is 0 Å². The highest BCUT2D eigenvalue weighted by Gasteiger charge is 1.95. The molecule has 0 fully saturated rings. The maximum atomic E-state index is 3.45. The van der Waals surface area contributed by atoms with Gasteiger partial charge in [0.05, 0.1) is 0 Å². The van der Waals surface area contributed by atoms with Crippen LogP contribution in [0.2, 0.25) is 0 Å². The van der Waals surface area contributed by atoms with Crippen LogP contribution in [0.15, 0.2) is 29.8 Å². The fourth-order valence-corrected chi connectivity index (χ4v) is 1.70. The van der Waals surface area contributed by atoms with Crippen molar-refractivity contribution in [3.05, 3.63) is 41.0 Å². The summed E-state index contributed by atoms with van der Waals surface area (Å²) in [5, 5.41) is 3.45. The molecule has 0 aliphatic carbocycles. The second kappa shape index (κ2) is 7.24. The smallest absolute Gasteiger partial charge is 0.0167 e. The molecule has 88 valence electrons. The molecule has 1 N–H and O–H groups in total. The monoisotopic (exact) mass is 217 g/mol. The Hall–Kier alpha value is -1.08. The summed E-state index contributed by atoms with van der Waals surface area (Å²) in [6.45, 7) is 8.67. The molecule has 0 aliphatic heterocycles. The second-order valence-electron chi connectivity index (χ2n) is 4.25. The van der Waals surface area contributed by atoms with Gasteiger partial charge < -0.3 is 5.32 Å². The first-order chi connectivity index (χ1) is 7.76. The van der Waals surface area contributed by atoms with Crippen molar-refractivity contribution in [3.8, 4) is 0 Å². The molecule has 0 atom stereocenters. The molecule has 16 heavy (non-hydrogen) atoms. The summed E-state index contributed by atoms with van der Waals surface area (Å²) in [6, 6.07) is 8.66. The fourth-order valence-electron chi connectivity index (χ4n) is 1.70. The second-order valence-corrected chi connectivity index (χ2v) is 4.25. The molecule has 1 rings (SSSR count). The minimum absolute atomic E-state index is 1.01. The summed E-state index contributed by atoms with van der Waals surface area (Å²) in [5.74, 6) is 0. The van der Waals surface area contributed by atoms with E-state index >= 15 is 0 Å². The van der Waals surface area contributed by atoms with Crippen LogP contribution in [0.5, 0.6) is 0 Å². The number of benzene rings is 1. The van der Waals surface area contributed by atoms with Gasteiger partial charge in [-0.3, -0.25) is 0 Å². The fraction of sp³-hybridized carbons (Fsp3) is 0.467. The third-order valence-corrected chi connectivity index (χ3v) is 2.65. The zero-order chi connectivity index (χ0) is 11.8. The summed E-state index contributed by atoms with van der Waals surface area (Å²) in [7, 11) is 0. The Morgan fingerprint density at radius 2 is 2.12 bits per heavy atom. The van der Waals surface area contributed by atoms with Crippen molar-refractivity contribution in [3.63, 3.8) is 0 Å². The zero-order valence-corrected chi connectivity index (χ0v) is 10.7. The van der Waals surface area contributed by atoms with Crippen LogP contribution in [0.3, 0.4) is 0 Å². The molecule has 0 aromatic heterocycles. The lowest BCUT2D eigenvalue weighted by Crippen LogP contribution is -2.17. The van der Waals surface area contributed by atoms with E-state index < -0.39 is 0 Å². The van der Waals surface area contributed by atoms with Crippen LogP contribution in [0.25, 0.3) is 6.08 Å². The van der Waals surface area contributed by atoms with Gasteiger partial charge in [-0.2, -0.15) is 0 Å². The van der Waals surface area contributed by atoms with Crippen molar-refractivity contribution in [1.29, 1.82) is 0 Å². The first-order valence-corrected chi connectivity index (χ1v) is 6.23. The first kappa shape index (κ1) is 13.0. The Kier molecular flexibility index (Phi) is 5.87. The SMILES string of the molecule is CCCNCC(=Cc1cccc(C)c1)CC. The van der Waals surface area contributed by atoms with Crippen LogP contribution in [0.4, 0.5) is 0 Å². The Morgan fingerprint density at radius 1 is 1.31 bits per heavy atom. The highest BCUT2D eigenvalue weighted by Crippen LogP contribution is 2.10. The van der Waals surface area contributed by atoms with Gasteiger partial charge in [-0.25, -0.2) is 0 Å². The molecule has 0 saturated carbocycles. The topological polar surface area (TPSA) is 12.0 Å². The van der Waals surface area contributed by atoms with Gasteiger partial charge in [0.15, 0.2) is 0 Å². The molecule has 1 heteroatoms. The van der Waals surface area contributed by atoms with Crippen molar-refractivity contribution in [2.45, 2.75) is 33.6 Å². The molecule has 0 aliphatic rings. The molecule has 0 spiro atoms. The molecule has 1 aromatic carbocycles. The predicted octanol–water partition coefficient (Wildman–Crippen LogP) is 3.79. The Balaban J connectivity index is 2.64. The quantitative estimate of drug-likeness (QED) is 0.715. The highest BCUT2D eigenvalue weighted by atomic mass is 14.8. The van der Waals surface area contributed by atoms with Gasteiger partial charge in [-0.15, -0.1) is 0 Å². The summed E-state index contributed by atoms with van der Waals surface area (Å²) < 4.78 is 0. The van der Waals surface area contributed by atoms with E-state index in [1.54, 1.807) is 0 Å². The molecular formula is C15H23N. The maximum absolute atomic E-state index is 3.45. The van der Waals surface area contributed by atoms with E-state index in [1.165, 1.54) is 23.1 Å². The van der Waals surface area contributed by atoms with E-state index in [0.717, 1.165) is 19.5 Å². The van der Waals surface area contributed by atoms with Gasteiger partial charge in [0.1, 0.15) is 0 Å². The van der Waals surface area contributed by atoms with Gasteiger partial charge in [0.25, 0.3) is 0 Å². The molecular weight excluding hydrogens is 194 g/mol. The lowest BCUT2D eigenvalue weighted by atomic mass is 10.1. The molecule has 0 radical (unpaired) electrons. The van der Waals surface area contributed by atoms with Crippen LogP contribution in [0, 0.1) is 6.92 Å². The Morgan fingerprint density at radius 3 is 2.75 bits per heavy atom. The van der Waals surface area contributed by atoms with E-state index in [0.29, 0.717) is 0 Å². The van der Waals surface area contributed by atoms with E-state index in [9.17, 15) is 0 Å². The molecule has 0 saturated heterocycles. The molecule has 0 bridgehead atoms. The Labute approximate surface area is 99.6 Å². The minimum Gasteiger partial charge on any atom is -0.313 e. The molecule has 1 aromatic rings. The normalized spacial score (nSPS) is 11.8. The summed E-state index contributed by atoms with van der Waals surface area (Å²) >= 11 is 0. The average molecular weight is 217 g/mol. The Bertz CT molecular complexity index is 339. The summed E-state index contributed by atoms with van der Waals surface area (Å²) in [5.41, 5.74) is 4.11. The van der Waals surface area contributed by atoms with Crippen LogP contribution >= 0.6 is 0 Å². The van der Waals surface area contributed by atoms with Gasteiger partial charge in [0, 0.05) is 6.54 Å². The third kappa shape index (κ3) is 4.63. The molecule has 0 amide bonds. The van der Waals surface area contributed by atoms with E-state index in [2.05, 4.69) is 56.4 Å². The van der Waals surface area contributed by atoms with Crippen molar-refractivity contribution >= 4 is 6.08 Å². The first-order valence-electron chi connectivity index (χ1n) is 6.23. The van der Waals surface area contributed by atoms with Crippen LogP contribution in [0.1, 0.15) is 37.8 Å². The van der Waals surface area contributed by atoms with E-state index in [1.807, 2.05) is 0 Å². The number of hydrogen-bond donors (Lipinski definition) is 1. The molecule has 1 nitrogen and oxygen atoms in total. The average Bonchev–Trinajstić information content (AvgIpc) is 2.28. The van der Waals surface area contributed by atoms with E-state index in [4.69, 9.17) is 0 Å². The van der Waals surface area contributed by atoms with Crippen LogP contribution in [-0.4, -0.2) is 13.1 Å². The van der Waals surface area contributed by atoms with Crippen LogP contribution < -0.4 is 5.32 Å². The van der Waals surface area contributed by atoms with Gasteiger partial charge >= 0.3 is 0 Å². The number of rotatable bonds is 6.